The molecule has 0 N–H and O–H groups in total. The van der Waals surface area contributed by atoms with Crippen molar-refractivity contribution in [3.8, 4) is 83.9 Å². The molecule has 0 spiro atoms. The van der Waals surface area contributed by atoms with Crippen LogP contribution in [0.2, 0.25) is 0 Å². The third kappa shape index (κ3) is 6.36. The molecule has 2 heterocycles. The monoisotopic (exact) mass is 708 g/mol. The Bertz CT molecular complexity index is 2820. The summed E-state index contributed by atoms with van der Waals surface area (Å²) in [6, 6.07) is 62.7. The van der Waals surface area contributed by atoms with E-state index in [9.17, 15) is 5.26 Å². The fraction of sp³-hybridized carbons (Fsp3) is 0.0204. The second-order valence-corrected chi connectivity index (χ2v) is 14.2. The van der Waals surface area contributed by atoms with Gasteiger partial charge < -0.3 is 0 Å². The lowest BCUT2D eigenvalue weighted by molar-refractivity contribution is 1.15. The Balaban J connectivity index is 1.13. The van der Waals surface area contributed by atoms with E-state index in [2.05, 4.69) is 140 Å². The minimum atomic E-state index is 0.637. The first-order chi connectivity index (χ1) is 26.6. The van der Waals surface area contributed by atoms with Crippen molar-refractivity contribution in [3.63, 3.8) is 0 Å². The molecule has 0 saturated carbocycles. The minimum absolute atomic E-state index is 0.637. The van der Waals surface area contributed by atoms with Crippen LogP contribution in [0.25, 0.3) is 88.1 Å². The Labute approximate surface area is 318 Å². The normalized spacial score (nSPS) is 11.0. The number of fused-ring (bicyclic) bond motifs is 1. The van der Waals surface area contributed by atoms with Crippen LogP contribution in [-0.2, 0) is 0 Å². The second-order valence-electron chi connectivity index (χ2n) is 13.2. The lowest BCUT2D eigenvalue weighted by Gasteiger charge is -2.17. The summed E-state index contributed by atoms with van der Waals surface area (Å²) >= 11 is 1.72. The Morgan fingerprint density at radius 2 is 1.02 bits per heavy atom. The standard InChI is InChI=1S/C49H32N4S/c1-32-46(35-13-3-2-4-14-35)52-48(36-26-24-34(25-27-36)37-15-9-12-33(28-37)31-50)53-47(32)43-21-6-5-20-42(43)40-18-10-16-38(29-40)39-17-11-19-41(30-39)49-51-44-22-7-8-23-45(44)54-49/h2-30H,1H3. The molecule has 0 aliphatic carbocycles. The van der Waals surface area contributed by atoms with Crippen molar-refractivity contribution in [1.82, 2.24) is 15.0 Å². The zero-order chi connectivity index (χ0) is 36.4. The number of hydrogen-bond donors (Lipinski definition) is 0. The van der Waals surface area contributed by atoms with Crippen LogP contribution in [0.5, 0.6) is 0 Å². The van der Waals surface area contributed by atoms with Crippen LogP contribution in [0.3, 0.4) is 0 Å². The summed E-state index contributed by atoms with van der Waals surface area (Å²) < 4.78 is 1.19. The van der Waals surface area contributed by atoms with Gasteiger partial charge in [0.05, 0.1) is 33.2 Å². The zero-order valence-corrected chi connectivity index (χ0v) is 30.3. The fourth-order valence-corrected chi connectivity index (χ4v) is 7.96. The second kappa shape index (κ2) is 14.2. The third-order valence-electron chi connectivity index (χ3n) is 9.75. The molecule has 0 aliphatic heterocycles. The highest BCUT2D eigenvalue weighted by molar-refractivity contribution is 7.21. The van der Waals surface area contributed by atoms with Crippen LogP contribution in [-0.4, -0.2) is 15.0 Å². The maximum Gasteiger partial charge on any atom is 0.160 e. The van der Waals surface area contributed by atoms with Gasteiger partial charge >= 0.3 is 0 Å². The van der Waals surface area contributed by atoms with Crippen molar-refractivity contribution >= 4 is 21.6 Å². The predicted octanol–water partition coefficient (Wildman–Crippen LogP) is 12.9. The lowest BCUT2D eigenvalue weighted by atomic mass is 9.92. The molecule has 0 bridgehead atoms. The van der Waals surface area contributed by atoms with E-state index in [-0.39, 0.29) is 0 Å². The number of benzene rings is 7. The average Bonchev–Trinajstić information content (AvgIpc) is 3.69. The van der Waals surface area contributed by atoms with Gasteiger partial charge in [0.15, 0.2) is 5.82 Å². The molecule has 0 radical (unpaired) electrons. The topological polar surface area (TPSA) is 62.5 Å². The Morgan fingerprint density at radius 1 is 0.444 bits per heavy atom. The molecule has 0 aliphatic rings. The predicted molar refractivity (Wildman–Crippen MR) is 223 cm³/mol. The van der Waals surface area contributed by atoms with Gasteiger partial charge in [-0.25, -0.2) is 15.0 Å². The summed E-state index contributed by atoms with van der Waals surface area (Å²) in [6.07, 6.45) is 0. The van der Waals surface area contributed by atoms with E-state index >= 15 is 0 Å². The van der Waals surface area contributed by atoms with Crippen LogP contribution >= 0.6 is 11.3 Å². The third-order valence-corrected chi connectivity index (χ3v) is 10.8. The van der Waals surface area contributed by atoms with Crippen LogP contribution in [0.4, 0.5) is 0 Å². The van der Waals surface area contributed by atoms with Crippen LogP contribution < -0.4 is 0 Å². The molecular formula is C49H32N4S. The molecule has 254 valence electrons. The number of thiazole rings is 1. The molecule has 0 atom stereocenters. The largest absolute Gasteiger partial charge is 0.236 e. The molecular weight excluding hydrogens is 677 g/mol. The van der Waals surface area contributed by atoms with Gasteiger partial charge in [0.2, 0.25) is 0 Å². The SMILES string of the molecule is Cc1c(-c2ccccc2)nc(-c2ccc(-c3cccc(C#N)c3)cc2)nc1-c1ccccc1-c1cccc(-c2cccc(-c3nc4ccccc4s3)c2)c1. The van der Waals surface area contributed by atoms with Gasteiger partial charge in [-0.05, 0) is 76.7 Å². The summed E-state index contributed by atoms with van der Waals surface area (Å²) in [5, 5.41) is 10.4. The first-order valence-electron chi connectivity index (χ1n) is 17.8. The maximum absolute atomic E-state index is 9.42. The van der Waals surface area contributed by atoms with Crippen molar-refractivity contribution in [2.24, 2.45) is 0 Å². The Hall–Kier alpha value is -7.00. The van der Waals surface area contributed by atoms with E-state index in [1.165, 1.54) is 4.70 Å². The van der Waals surface area contributed by atoms with Crippen LogP contribution in [0, 0.1) is 18.3 Å². The molecule has 54 heavy (non-hydrogen) atoms. The van der Waals surface area contributed by atoms with Gasteiger partial charge in [0.1, 0.15) is 5.01 Å². The maximum atomic E-state index is 9.42. The molecule has 0 amide bonds. The average molecular weight is 709 g/mol. The van der Waals surface area contributed by atoms with Crippen molar-refractivity contribution in [2.75, 3.05) is 0 Å². The van der Waals surface area contributed by atoms with Gasteiger partial charge in [-0.3, -0.25) is 0 Å². The van der Waals surface area contributed by atoms with E-state index in [0.29, 0.717) is 11.4 Å². The van der Waals surface area contributed by atoms with Crippen LogP contribution in [0.1, 0.15) is 11.1 Å². The fourth-order valence-electron chi connectivity index (χ4n) is 7.00. The first kappa shape index (κ1) is 32.9. The Morgan fingerprint density at radius 3 is 1.78 bits per heavy atom. The smallest absolute Gasteiger partial charge is 0.160 e. The number of hydrogen-bond acceptors (Lipinski definition) is 5. The molecule has 0 unspecified atom stereocenters. The molecule has 5 heteroatoms. The van der Waals surface area contributed by atoms with Gasteiger partial charge in [-0.2, -0.15) is 5.26 Å². The summed E-state index contributed by atoms with van der Waals surface area (Å²) in [5.74, 6) is 0.655. The highest BCUT2D eigenvalue weighted by Gasteiger charge is 2.19. The zero-order valence-electron chi connectivity index (χ0n) is 29.4. The minimum Gasteiger partial charge on any atom is -0.236 e. The van der Waals surface area contributed by atoms with Crippen LogP contribution in [0.15, 0.2) is 176 Å². The van der Waals surface area contributed by atoms with E-state index in [4.69, 9.17) is 15.0 Å². The molecule has 0 fully saturated rings. The first-order valence-corrected chi connectivity index (χ1v) is 18.6. The number of rotatable bonds is 7. The van der Waals surface area contributed by atoms with E-state index < -0.39 is 0 Å². The van der Waals surface area contributed by atoms with E-state index in [1.54, 1.807) is 11.3 Å². The molecule has 9 rings (SSSR count). The highest BCUT2D eigenvalue weighted by Crippen LogP contribution is 2.39. The summed E-state index contributed by atoms with van der Waals surface area (Å²) in [4.78, 5) is 15.4. The van der Waals surface area contributed by atoms with Gasteiger partial charge in [0.25, 0.3) is 0 Å². The van der Waals surface area contributed by atoms with Crippen molar-refractivity contribution < 1.29 is 0 Å². The molecule has 9 aromatic rings. The quantitative estimate of drug-likeness (QED) is 0.165. The number of para-hydroxylation sites is 1. The number of nitrogens with zero attached hydrogens (tertiary/aromatic N) is 4. The van der Waals surface area contributed by atoms with Crippen molar-refractivity contribution in [3.05, 3.63) is 187 Å². The molecule has 4 nitrogen and oxygen atoms in total. The van der Waals surface area contributed by atoms with Crippen molar-refractivity contribution in [1.29, 1.82) is 5.26 Å². The molecule has 0 saturated heterocycles. The van der Waals surface area contributed by atoms with Gasteiger partial charge in [0, 0.05) is 27.8 Å². The summed E-state index contributed by atoms with van der Waals surface area (Å²) in [6.45, 7) is 2.12. The molecule has 2 aromatic heterocycles. The highest BCUT2D eigenvalue weighted by atomic mass is 32.1. The molecule has 7 aromatic carbocycles. The van der Waals surface area contributed by atoms with Gasteiger partial charge in [-0.1, -0.05) is 140 Å². The number of aromatic nitrogens is 3. The summed E-state index contributed by atoms with van der Waals surface area (Å²) in [7, 11) is 0. The van der Waals surface area contributed by atoms with Crippen molar-refractivity contribution in [2.45, 2.75) is 6.92 Å². The van der Waals surface area contributed by atoms with E-state index in [1.807, 2.05) is 48.5 Å². The van der Waals surface area contributed by atoms with E-state index in [0.717, 1.165) is 83.1 Å². The summed E-state index contributed by atoms with van der Waals surface area (Å²) in [5.41, 5.74) is 15.1. The Kier molecular flexibility index (Phi) is 8.64. The van der Waals surface area contributed by atoms with Gasteiger partial charge in [-0.15, -0.1) is 11.3 Å². The number of nitriles is 1. The lowest BCUT2D eigenvalue weighted by Crippen LogP contribution is -2.01.